The highest BCUT2D eigenvalue weighted by Crippen LogP contribution is 2.33. The van der Waals surface area contributed by atoms with Crippen molar-refractivity contribution in [2.45, 2.75) is 192 Å². The van der Waals surface area contributed by atoms with Crippen LogP contribution in [0.2, 0.25) is 15.1 Å². The largest absolute Gasteiger partial charge is 0.497 e. The lowest BCUT2D eigenvalue weighted by Crippen LogP contribution is -2.04. The van der Waals surface area contributed by atoms with Gasteiger partial charge in [0.2, 0.25) is 0 Å². The monoisotopic (exact) mass is 1420 g/mol. The fourth-order valence-corrected chi connectivity index (χ4v) is 11.9. The fourth-order valence-electron chi connectivity index (χ4n) is 11.1. The minimum atomic E-state index is 0.525. The zero-order valence-corrected chi connectivity index (χ0v) is 67.4. The normalized spacial score (nSPS) is 10.8. The molecule has 548 valence electrons. The second-order valence-electron chi connectivity index (χ2n) is 29.2. The molecule has 0 amide bonds. The van der Waals surface area contributed by atoms with Gasteiger partial charge in [0.25, 0.3) is 0 Å². The van der Waals surface area contributed by atoms with Gasteiger partial charge in [-0.2, -0.15) is 0 Å². The van der Waals surface area contributed by atoms with Crippen molar-refractivity contribution in [1.82, 2.24) is 0 Å². The molecule has 0 aromatic heterocycles. The Morgan fingerprint density at radius 1 is 0.257 bits per heavy atom. The molecular weight excluding hydrogens is 1300 g/mol. The SMILES string of the molecule is CC(C)CC(c1ccccc1)c1ccccc1.CC(C)CCC(c1ccccc1)c1ccccc1.CC(C)CCc1ccc(Cl)cc1Cl.CC(C)CCc1ccccc1Cl.COc1ccc(CCC(C)C)cc1OC.COc1cccc(CCC(C)C)c1.COc1ccccc1CCC(C)C. The van der Waals surface area contributed by atoms with Crippen LogP contribution in [0.4, 0.5) is 0 Å². The van der Waals surface area contributed by atoms with Crippen LogP contribution in [-0.2, 0) is 32.1 Å². The Morgan fingerprint density at radius 2 is 0.644 bits per heavy atom. The van der Waals surface area contributed by atoms with Gasteiger partial charge in [0.05, 0.1) is 28.4 Å². The van der Waals surface area contributed by atoms with Gasteiger partial charge in [0.15, 0.2) is 11.5 Å². The third kappa shape index (κ3) is 38.8. The van der Waals surface area contributed by atoms with Gasteiger partial charge in [-0.05, 0) is 217 Å². The molecule has 0 aliphatic carbocycles. The van der Waals surface area contributed by atoms with Crippen molar-refractivity contribution in [2.75, 3.05) is 28.4 Å². The molecule has 0 heterocycles. The zero-order chi connectivity index (χ0) is 74.3. The average molecular weight is 1430 g/mol. The van der Waals surface area contributed by atoms with E-state index in [2.05, 4.69) is 267 Å². The van der Waals surface area contributed by atoms with Crippen molar-refractivity contribution in [1.29, 1.82) is 0 Å². The summed E-state index contributed by atoms with van der Waals surface area (Å²) in [5, 5.41) is 2.39. The molecule has 0 aliphatic heterocycles. The van der Waals surface area contributed by atoms with E-state index in [9.17, 15) is 0 Å². The molecule has 0 atom stereocenters. The number of halogens is 3. The van der Waals surface area contributed by atoms with Crippen LogP contribution in [0.15, 0.2) is 231 Å². The minimum Gasteiger partial charge on any atom is -0.497 e. The average Bonchev–Trinajstić information content (AvgIpc) is 0.873. The van der Waals surface area contributed by atoms with E-state index in [1.807, 2.05) is 54.6 Å². The highest BCUT2D eigenvalue weighted by Gasteiger charge is 2.16. The van der Waals surface area contributed by atoms with Crippen molar-refractivity contribution in [2.24, 2.45) is 41.4 Å². The molecule has 0 bridgehead atoms. The first-order valence-electron chi connectivity index (χ1n) is 37.3. The Balaban J connectivity index is 0.000000308. The van der Waals surface area contributed by atoms with Crippen molar-refractivity contribution < 1.29 is 18.9 Å². The van der Waals surface area contributed by atoms with Crippen molar-refractivity contribution >= 4 is 34.8 Å². The van der Waals surface area contributed by atoms with Gasteiger partial charge in [0.1, 0.15) is 11.5 Å². The maximum Gasteiger partial charge on any atom is 0.160 e. The summed E-state index contributed by atoms with van der Waals surface area (Å²) >= 11 is 17.8. The number of methoxy groups -OCH3 is 4. The Morgan fingerprint density at radius 3 is 1.06 bits per heavy atom. The number of hydrogen-bond donors (Lipinski definition) is 0. The molecule has 101 heavy (non-hydrogen) atoms. The molecule has 0 saturated heterocycles. The lowest BCUT2D eigenvalue weighted by Gasteiger charge is -2.20. The third-order valence-electron chi connectivity index (χ3n) is 17.3. The Labute approximate surface area is 630 Å². The molecule has 0 radical (unpaired) electrons. The van der Waals surface area contributed by atoms with E-state index in [1.165, 1.54) is 101 Å². The molecule has 4 nitrogen and oxygen atoms in total. The molecule has 0 N–H and O–H groups in total. The molecule has 0 aliphatic rings. The lowest BCUT2D eigenvalue weighted by molar-refractivity contribution is 0.354. The van der Waals surface area contributed by atoms with E-state index in [-0.39, 0.29) is 0 Å². The fraction of sp³-hybridized carbons (Fsp3) is 0.426. The van der Waals surface area contributed by atoms with Gasteiger partial charge in [-0.1, -0.05) is 320 Å². The van der Waals surface area contributed by atoms with E-state index in [1.54, 1.807) is 34.5 Å². The second kappa shape index (κ2) is 52.1. The second-order valence-corrected chi connectivity index (χ2v) is 30.4. The summed E-state index contributed by atoms with van der Waals surface area (Å²) in [6, 6.07) is 79.8. The maximum absolute atomic E-state index is 6.03. The maximum atomic E-state index is 6.03. The summed E-state index contributed by atoms with van der Waals surface area (Å²) in [5.41, 5.74) is 12.2. The number of aryl methyl sites for hydroxylation is 5. The lowest BCUT2D eigenvalue weighted by atomic mass is 9.85. The molecular formula is C94H127Cl3O4. The molecule has 0 saturated carbocycles. The van der Waals surface area contributed by atoms with E-state index in [0.717, 1.165) is 94.7 Å². The molecule has 0 fully saturated rings. The Hall–Kier alpha value is -6.95. The highest BCUT2D eigenvalue weighted by molar-refractivity contribution is 6.35. The van der Waals surface area contributed by atoms with Gasteiger partial charge in [-0.15, -0.1) is 0 Å². The summed E-state index contributed by atoms with van der Waals surface area (Å²) in [6.45, 7) is 31.5. The van der Waals surface area contributed by atoms with Crippen LogP contribution in [0, 0.1) is 41.4 Å². The molecule has 0 unspecified atom stereocenters. The summed E-state index contributed by atoms with van der Waals surface area (Å²) in [6.07, 6.45) is 15.2. The van der Waals surface area contributed by atoms with Crippen LogP contribution in [-0.4, -0.2) is 28.4 Å². The van der Waals surface area contributed by atoms with E-state index >= 15 is 0 Å². The quantitative estimate of drug-likeness (QED) is 0.0490. The van der Waals surface area contributed by atoms with Crippen LogP contribution in [0.25, 0.3) is 0 Å². The van der Waals surface area contributed by atoms with Crippen LogP contribution in [0.3, 0.4) is 0 Å². The number of hydrogen-bond acceptors (Lipinski definition) is 4. The number of rotatable bonds is 28. The highest BCUT2D eigenvalue weighted by atomic mass is 35.5. The smallest absolute Gasteiger partial charge is 0.160 e. The Bertz CT molecular complexity index is 3430. The van der Waals surface area contributed by atoms with Gasteiger partial charge in [0, 0.05) is 26.9 Å². The van der Waals surface area contributed by atoms with Crippen molar-refractivity contribution in [3.8, 4) is 23.0 Å². The van der Waals surface area contributed by atoms with Crippen molar-refractivity contribution in [3.05, 3.63) is 296 Å². The van der Waals surface area contributed by atoms with E-state index < -0.39 is 0 Å². The number of ether oxygens (including phenoxy) is 4. The zero-order valence-electron chi connectivity index (χ0n) is 65.1. The molecule has 9 rings (SSSR count). The Kier molecular flexibility index (Phi) is 45.5. The van der Waals surface area contributed by atoms with Crippen LogP contribution < -0.4 is 18.9 Å². The van der Waals surface area contributed by atoms with Gasteiger partial charge >= 0.3 is 0 Å². The minimum absolute atomic E-state index is 0.525. The van der Waals surface area contributed by atoms with Crippen LogP contribution in [0.5, 0.6) is 23.0 Å². The van der Waals surface area contributed by atoms with E-state index in [0.29, 0.717) is 28.7 Å². The summed E-state index contributed by atoms with van der Waals surface area (Å²) < 4.78 is 20.9. The number of benzene rings is 9. The molecule has 9 aromatic rings. The molecule has 7 heteroatoms. The van der Waals surface area contributed by atoms with Gasteiger partial charge in [-0.25, -0.2) is 0 Å². The first-order valence-corrected chi connectivity index (χ1v) is 38.4. The topological polar surface area (TPSA) is 36.9 Å². The van der Waals surface area contributed by atoms with E-state index in [4.69, 9.17) is 53.8 Å². The number of para-hydroxylation sites is 1. The predicted octanol–water partition coefficient (Wildman–Crippen LogP) is 28.5. The summed E-state index contributed by atoms with van der Waals surface area (Å²) in [7, 11) is 6.77. The standard InChI is InChI=1S/C18H22.C17H20.C13H20O2.2C12H18O.C11H14Cl2.C11H15Cl/c1-15(2)13-14-18(16-9-5-3-6-10-16)17-11-7-4-8-12-17;1-14(2)13-17(15-9-5-3-6-10-15)16-11-7-4-8-12-16;1-10(2)5-6-11-7-8-12(14-3)13(9-11)15-4;1-10(2)7-8-11-5-4-6-12(9-11)13-3;1-10(2)8-9-11-6-4-5-7-12(11)13-3;1-8(2)3-4-9-5-6-10(12)7-11(9)13;1-9(2)7-8-10-5-3-4-6-11(10)12/h3-12,15,18H,13-14H2,1-2H3;3-12,14,17H,13H2,1-2H3;7-10H,5-6H2,1-4H3;4-6,9-10H,7-8H2,1-3H3;4-7,10H,8-9H2,1-3H3;5-8H,3-4H2,1-2H3;3-6,9H,7-8H2,1-2H3. The predicted molar refractivity (Wildman–Crippen MR) is 442 cm³/mol. The van der Waals surface area contributed by atoms with Crippen LogP contribution in [0.1, 0.15) is 210 Å². The van der Waals surface area contributed by atoms with Gasteiger partial charge < -0.3 is 18.9 Å². The van der Waals surface area contributed by atoms with Crippen LogP contribution >= 0.6 is 34.8 Å². The first-order chi connectivity index (χ1) is 48.5. The molecule has 0 spiro atoms. The first kappa shape index (κ1) is 88.3. The molecule has 9 aromatic carbocycles. The summed E-state index contributed by atoms with van der Waals surface area (Å²) in [5.74, 6) is 9.85. The summed E-state index contributed by atoms with van der Waals surface area (Å²) in [4.78, 5) is 0. The van der Waals surface area contributed by atoms with Gasteiger partial charge in [-0.3, -0.25) is 0 Å². The van der Waals surface area contributed by atoms with Crippen molar-refractivity contribution in [3.63, 3.8) is 0 Å². The third-order valence-corrected chi connectivity index (χ3v) is 18.2.